The van der Waals surface area contributed by atoms with Gasteiger partial charge in [-0.05, 0) is 37.5 Å². The van der Waals surface area contributed by atoms with Crippen LogP contribution >= 0.6 is 11.3 Å². The summed E-state index contributed by atoms with van der Waals surface area (Å²) in [6.45, 7) is 4.86. The maximum absolute atomic E-state index is 11.9. The van der Waals surface area contributed by atoms with Crippen molar-refractivity contribution in [2.24, 2.45) is 5.16 Å². The van der Waals surface area contributed by atoms with Gasteiger partial charge in [0.05, 0.1) is 0 Å². The van der Waals surface area contributed by atoms with E-state index < -0.39 is 23.7 Å². The SMILES string of the molecule is CC(C)(C)OC(=O)CON=C(C=O)c1csc(NC(c2ccccc2)(c2ccccc2)c2ccccc2)n1. The number of nitrogens with one attached hydrogen (secondary N) is 1. The van der Waals surface area contributed by atoms with E-state index in [2.05, 4.69) is 51.9 Å². The first-order valence-corrected chi connectivity index (χ1v) is 13.0. The summed E-state index contributed by atoms with van der Waals surface area (Å²) in [5.41, 5.74) is 1.99. The van der Waals surface area contributed by atoms with Crippen LogP contribution in [0.4, 0.5) is 5.13 Å². The van der Waals surface area contributed by atoms with Crippen molar-refractivity contribution >= 4 is 34.4 Å². The zero-order valence-electron chi connectivity index (χ0n) is 21.5. The number of aldehydes is 1. The van der Waals surface area contributed by atoms with Gasteiger partial charge in [0.15, 0.2) is 17.1 Å². The summed E-state index contributed by atoms with van der Waals surface area (Å²) in [6, 6.07) is 30.4. The van der Waals surface area contributed by atoms with Crippen molar-refractivity contribution in [3.05, 3.63) is 119 Å². The average molecular weight is 528 g/mol. The van der Waals surface area contributed by atoms with Crippen LogP contribution in [0, 0.1) is 0 Å². The van der Waals surface area contributed by atoms with Crippen molar-refractivity contribution in [2.75, 3.05) is 11.9 Å². The molecule has 0 aliphatic heterocycles. The van der Waals surface area contributed by atoms with E-state index in [0.717, 1.165) is 16.7 Å². The maximum atomic E-state index is 11.9. The summed E-state index contributed by atoms with van der Waals surface area (Å²) in [5, 5.41) is 9.80. The van der Waals surface area contributed by atoms with Crippen LogP contribution in [0.1, 0.15) is 43.2 Å². The molecule has 8 heteroatoms. The van der Waals surface area contributed by atoms with Gasteiger partial charge in [0.2, 0.25) is 6.61 Å². The number of nitrogens with zero attached hydrogens (tertiary/aromatic N) is 2. The first-order valence-electron chi connectivity index (χ1n) is 12.1. The second-order valence-electron chi connectivity index (χ2n) is 9.47. The Kier molecular flexibility index (Phi) is 8.33. The molecule has 1 aromatic heterocycles. The van der Waals surface area contributed by atoms with Crippen LogP contribution in [0.2, 0.25) is 0 Å². The normalized spacial score (nSPS) is 12.0. The number of benzene rings is 3. The quantitative estimate of drug-likeness (QED) is 0.0921. The van der Waals surface area contributed by atoms with Crippen LogP contribution in [-0.2, 0) is 24.7 Å². The van der Waals surface area contributed by atoms with Crippen molar-refractivity contribution in [1.29, 1.82) is 0 Å². The highest BCUT2D eigenvalue weighted by Crippen LogP contribution is 2.40. The molecule has 0 radical (unpaired) electrons. The fourth-order valence-corrected chi connectivity index (χ4v) is 4.80. The molecular weight excluding hydrogens is 498 g/mol. The topological polar surface area (TPSA) is 89.9 Å². The summed E-state index contributed by atoms with van der Waals surface area (Å²) in [4.78, 5) is 33.4. The van der Waals surface area contributed by atoms with Gasteiger partial charge in [-0.3, -0.25) is 4.79 Å². The van der Waals surface area contributed by atoms with E-state index in [1.807, 2.05) is 54.6 Å². The Morgan fingerprint density at radius 2 is 1.39 bits per heavy atom. The molecule has 0 atom stereocenters. The third kappa shape index (κ3) is 6.33. The predicted octanol–water partition coefficient (Wildman–Crippen LogP) is 5.81. The standard InChI is InChI=1S/C30H29N3O4S/c1-29(2,3)37-27(35)20-36-33-25(19-34)26-21-38-28(31-26)32-30(22-13-7-4-8-14-22,23-15-9-5-10-16-23)24-17-11-6-12-18-24/h4-19,21H,20H2,1-3H3,(H,31,32). The minimum Gasteiger partial charge on any atom is -0.457 e. The molecule has 0 spiro atoms. The molecule has 4 aromatic rings. The Morgan fingerprint density at radius 3 is 1.84 bits per heavy atom. The number of oxime groups is 1. The van der Waals surface area contributed by atoms with Gasteiger partial charge in [0, 0.05) is 5.38 Å². The largest absolute Gasteiger partial charge is 0.457 e. The number of ether oxygens (including phenoxy) is 1. The molecule has 0 aliphatic carbocycles. The molecule has 0 saturated carbocycles. The fourth-order valence-electron chi connectivity index (χ4n) is 4.04. The lowest BCUT2D eigenvalue weighted by molar-refractivity contribution is -0.160. The first-order chi connectivity index (χ1) is 18.3. The number of hydrogen-bond donors (Lipinski definition) is 1. The van der Waals surface area contributed by atoms with Gasteiger partial charge in [-0.1, -0.05) is 96.2 Å². The lowest BCUT2D eigenvalue weighted by Gasteiger charge is -2.36. The zero-order valence-corrected chi connectivity index (χ0v) is 22.3. The Bertz CT molecular complexity index is 1280. The van der Waals surface area contributed by atoms with Gasteiger partial charge < -0.3 is 14.9 Å². The highest BCUT2D eigenvalue weighted by atomic mass is 32.1. The van der Waals surface area contributed by atoms with Crippen molar-refractivity contribution in [3.8, 4) is 0 Å². The van der Waals surface area contributed by atoms with Crippen LogP contribution in [-0.4, -0.2) is 35.2 Å². The highest BCUT2D eigenvalue weighted by Gasteiger charge is 2.37. The first kappa shape index (κ1) is 26.8. The number of hydrogen-bond acceptors (Lipinski definition) is 8. The average Bonchev–Trinajstić information content (AvgIpc) is 3.38. The van der Waals surface area contributed by atoms with E-state index in [1.54, 1.807) is 26.2 Å². The summed E-state index contributed by atoms with van der Waals surface area (Å²) >= 11 is 1.34. The Labute approximate surface area is 226 Å². The van der Waals surface area contributed by atoms with Crippen molar-refractivity contribution < 1.29 is 19.2 Å². The molecule has 1 N–H and O–H groups in total. The van der Waals surface area contributed by atoms with Gasteiger partial charge in [0.25, 0.3) is 0 Å². The van der Waals surface area contributed by atoms with E-state index >= 15 is 0 Å². The molecule has 0 fully saturated rings. The van der Waals surface area contributed by atoms with E-state index in [9.17, 15) is 9.59 Å². The van der Waals surface area contributed by atoms with E-state index in [-0.39, 0.29) is 5.71 Å². The Hall–Kier alpha value is -4.30. The lowest BCUT2D eigenvalue weighted by Crippen LogP contribution is -2.38. The molecule has 38 heavy (non-hydrogen) atoms. The minimum atomic E-state index is -0.759. The summed E-state index contributed by atoms with van der Waals surface area (Å²) < 4.78 is 5.20. The second-order valence-corrected chi connectivity index (χ2v) is 10.3. The number of aromatic nitrogens is 1. The second kappa shape index (κ2) is 11.8. The number of esters is 1. The van der Waals surface area contributed by atoms with Gasteiger partial charge in [-0.15, -0.1) is 11.3 Å². The zero-order chi connectivity index (χ0) is 27.0. The molecule has 1 heterocycles. The maximum Gasteiger partial charge on any atom is 0.347 e. The third-order valence-corrected chi connectivity index (χ3v) is 6.32. The number of carbonyl (C=O) groups is 2. The summed E-state index contributed by atoms with van der Waals surface area (Å²) in [5.74, 6) is -0.578. The Morgan fingerprint density at radius 1 is 0.895 bits per heavy atom. The molecule has 7 nitrogen and oxygen atoms in total. The van der Waals surface area contributed by atoms with Crippen LogP contribution in [0.3, 0.4) is 0 Å². The Balaban J connectivity index is 1.68. The summed E-state index contributed by atoms with van der Waals surface area (Å²) in [6.07, 6.45) is 0.548. The number of thiazole rings is 1. The molecule has 0 aliphatic rings. The van der Waals surface area contributed by atoms with E-state index in [1.165, 1.54) is 11.3 Å². The van der Waals surface area contributed by atoms with Crippen LogP contribution < -0.4 is 5.32 Å². The molecule has 0 amide bonds. The predicted molar refractivity (Wildman–Crippen MR) is 149 cm³/mol. The van der Waals surface area contributed by atoms with Gasteiger partial charge in [-0.2, -0.15) is 0 Å². The van der Waals surface area contributed by atoms with Gasteiger partial charge >= 0.3 is 5.97 Å². The van der Waals surface area contributed by atoms with Crippen molar-refractivity contribution in [3.63, 3.8) is 0 Å². The van der Waals surface area contributed by atoms with Crippen molar-refractivity contribution in [2.45, 2.75) is 31.9 Å². The smallest absolute Gasteiger partial charge is 0.347 e. The van der Waals surface area contributed by atoms with Crippen LogP contribution in [0.15, 0.2) is 102 Å². The highest BCUT2D eigenvalue weighted by molar-refractivity contribution is 7.14. The van der Waals surface area contributed by atoms with Gasteiger partial charge in [0.1, 0.15) is 16.8 Å². The fraction of sp³-hybridized carbons (Fsp3) is 0.200. The lowest BCUT2D eigenvalue weighted by atomic mass is 9.77. The number of rotatable bonds is 10. The minimum absolute atomic E-state index is 0.0254. The molecule has 3 aromatic carbocycles. The molecular formula is C30H29N3O4S. The van der Waals surface area contributed by atoms with E-state index in [4.69, 9.17) is 9.57 Å². The number of carbonyl (C=O) groups excluding carboxylic acids is 2. The molecule has 4 rings (SSSR count). The molecule has 194 valence electrons. The molecule has 0 saturated heterocycles. The molecule has 0 bridgehead atoms. The van der Waals surface area contributed by atoms with Gasteiger partial charge in [-0.25, -0.2) is 9.78 Å². The monoisotopic (exact) mass is 527 g/mol. The van der Waals surface area contributed by atoms with Crippen molar-refractivity contribution in [1.82, 2.24) is 4.98 Å². The third-order valence-electron chi connectivity index (χ3n) is 5.56. The number of anilines is 1. The van der Waals surface area contributed by atoms with Crippen LogP contribution in [0.25, 0.3) is 0 Å². The van der Waals surface area contributed by atoms with Crippen LogP contribution in [0.5, 0.6) is 0 Å². The van der Waals surface area contributed by atoms with E-state index in [0.29, 0.717) is 17.1 Å². The molecule has 0 unspecified atom stereocenters. The summed E-state index contributed by atoms with van der Waals surface area (Å²) in [7, 11) is 0.